The molecule has 0 spiro atoms. The van der Waals surface area contributed by atoms with E-state index in [2.05, 4.69) is 10.3 Å². The lowest BCUT2D eigenvalue weighted by Crippen LogP contribution is -2.31. The third kappa shape index (κ3) is 3.38. The summed E-state index contributed by atoms with van der Waals surface area (Å²) in [6.07, 6.45) is 0.558. The maximum absolute atomic E-state index is 12.7. The molecule has 3 rings (SSSR count). The van der Waals surface area contributed by atoms with E-state index in [0.29, 0.717) is 34.6 Å². The lowest BCUT2D eigenvalue weighted by molar-refractivity contribution is -0.116. The first-order chi connectivity index (χ1) is 12.1. The van der Waals surface area contributed by atoms with E-state index in [1.807, 2.05) is 19.1 Å². The van der Waals surface area contributed by atoms with Gasteiger partial charge in [0.25, 0.3) is 5.56 Å². The van der Waals surface area contributed by atoms with Crippen molar-refractivity contribution in [2.45, 2.75) is 19.9 Å². The average molecular weight is 337 g/mol. The summed E-state index contributed by atoms with van der Waals surface area (Å²) in [5, 5.41) is 3.29. The van der Waals surface area contributed by atoms with Gasteiger partial charge in [0, 0.05) is 6.42 Å². The number of anilines is 1. The quantitative estimate of drug-likeness (QED) is 0.777. The zero-order valence-electron chi connectivity index (χ0n) is 14.2. The highest BCUT2D eigenvalue weighted by Gasteiger charge is 2.14. The summed E-state index contributed by atoms with van der Waals surface area (Å²) in [5.74, 6) is 0.841. The van der Waals surface area contributed by atoms with E-state index < -0.39 is 0 Å². The first kappa shape index (κ1) is 16.7. The van der Waals surface area contributed by atoms with Gasteiger partial charge < -0.3 is 10.1 Å². The zero-order chi connectivity index (χ0) is 17.8. The molecule has 1 aromatic heterocycles. The highest BCUT2D eigenvalue weighted by molar-refractivity contribution is 5.92. The first-order valence-corrected chi connectivity index (χ1v) is 8.05. The molecule has 6 nitrogen and oxygen atoms in total. The van der Waals surface area contributed by atoms with E-state index >= 15 is 0 Å². The van der Waals surface area contributed by atoms with Crippen LogP contribution in [-0.4, -0.2) is 22.6 Å². The van der Waals surface area contributed by atoms with Crippen molar-refractivity contribution in [3.63, 3.8) is 0 Å². The summed E-state index contributed by atoms with van der Waals surface area (Å²) in [7, 11) is 1.54. The summed E-state index contributed by atoms with van der Waals surface area (Å²) < 4.78 is 6.65. The Morgan fingerprint density at radius 1 is 1.16 bits per heavy atom. The molecule has 0 atom stereocenters. The fraction of sp³-hybridized carbons (Fsp3) is 0.211. The minimum atomic E-state index is -0.307. The van der Waals surface area contributed by atoms with Crippen LogP contribution in [0.15, 0.2) is 53.3 Å². The van der Waals surface area contributed by atoms with Crippen LogP contribution in [0, 0.1) is 0 Å². The SMILES string of the molecule is CCc1nc2ccccc2c(=O)n1CC(=O)Nc1ccccc1OC. The molecule has 3 aromatic rings. The normalized spacial score (nSPS) is 10.6. The van der Waals surface area contributed by atoms with Gasteiger partial charge in [0.1, 0.15) is 18.1 Å². The third-order valence-corrected chi connectivity index (χ3v) is 3.94. The number of methoxy groups -OCH3 is 1. The molecular weight excluding hydrogens is 318 g/mol. The Morgan fingerprint density at radius 2 is 1.88 bits per heavy atom. The Hall–Kier alpha value is -3.15. The molecule has 1 N–H and O–H groups in total. The van der Waals surface area contributed by atoms with Crippen molar-refractivity contribution in [3.8, 4) is 5.75 Å². The summed E-state index contributed by atoms with van der Waals surface area (Å²) in [6.45, 7) is 1.81. The fourth-order valence-corrected chi connectivity index (χ4v) is 2.73. The molecule has 0 aliphatic heterocycles. The van der Waals surface area contributed by atoms with Gasteiger partial charge in [-0.15, -0.1) is 0 Å². The van der Waals surface area contributed by atoms with Crippen LogP contribution >= 0.6 is 0 Å². The second-order valence-corrected chi connectivity index (χ2v) is 5.54. The molecule has 0 saturated carbocycles. The van der Waals surface area contributed by atoms with Crippen molar-refractivity contribution in [3.05, 3.63) is 64.7 Å². The smallest absolute Gasteiger partial charge is 0.261 e. The first-order valence-electron chi connectivity index (χ1n) is 8.05. The molecule has 0 aliphatic rings. The third-order valence-electron chi connectivity index (χ3n) is 3.94. The van der Waals surface area contributed by atoms with Gasteiger partial charge in [0.05, 0.1) is 23.7 Å². The van der Waals surface area contributed by atoms with E-state index in [-0.39, 0.29) is 18.0 Å². The number of nitrogens with one attached hydrogen (secondary N) is 1. The standard InChI is InChI=1S/C19H19N3O3/c1-3-17-20-14-9-5-4-8-13(14)19(24)22(17)12-18(23)21-15-10-6-7-11-16(15)25-2/h4-11H,3,12H2,1-2H3,(H,21,23). The lowest BCUT2D eigenvalue weighted by atomic mass is 10.2. The minimum Gasteiger partial charge on any atom is -0.495 e. The summed E-state index contributed by atoms with van der Waals surface area (Å²) >= 11 is 0. The van der Waals surface area contributed by atoms with Crippen molar-refractivity contribution in [2.75, 3.05) is 12.4 Å². The molecule has 0 radical (unpaired) electrons. The lowest BCUT2D eigenvalue weighted by Gasteiger charge is -2.13. The molecule has 0 bridgehead atoms. The predicted molar refractivity (Wildman–Crippen MR) is 97.0 cm³/mol. The van der Waals surface area contributed by atoms with Gasteiger partial charge >= 0.3 is 0 Å². The van der Waals surface area contributed by atoms with E-state index in [1.54, 1.807) is 36.4 Å². The number of aromatic nitrogens is 2. The minimum absolute atomic E-state index is 0.0993. The Labute approximate surface area is 145 Å². The molecule has 25 heavy (non-hydrogen) atoms. The largest absolute Gasteiger partial charge is 0.495 e. The van der Waals surface area contributed by atoms with Crippen LogP contribution in [-0.2, 0) is 17.8 Å². The number of ether oxygens (including phenoxy) is 1. The van der Waals surface area contributed by atoms with Crippen molar-refractivity contribution in [1.82, 2.24) is 9.55 Å². The number of para-hydroxylation sites is 3. The molecule has 0 aliphatic carbocycles. The van der Waals surface area contributed by atoms with Gasteiger partial charge in [-0.05, 0) is 24.3 Å². The molecule has 0 saturated heterocycles. The van der Waals surface area contributed by atoms with Crippen molar-refractivity contribution in [1.29, 1.82) is 0 Å². The Bertz CT molecular complexity index is 979. The van der Waals surface area contributed by atoms with E-state index in [1.165, 1.54) is 11.7 Å². The van der Waals surface area contributed by atoms with Crippen LogP contribution in [0.5, 0.6) is 5.75 Å². The van der Waals surface area contributed by atoms with E-state index in [9.17, 15) is 9.59 Å². The van der Waals surface area contributed by atoms with Gasteiger partial charge in [-0.2, -0.15) is 0 Å². The number of carbonyl (C=O) groups excluding carboxylic acids is 1. The Balaban J connectivity index is 1.93. The second-order valence-electron chi connectivity index (χ2n) is 5.54. The molecular formula is C19H19N3O3. The number of benzene rings is 2. The average Bonchev–Trinajstić information content (AvgIpc) is 2.64. The van der Waals surface area contributed by atoms with Crippen LogP contribution in [0.2, 0.25) is 0 Å². The van der Waals surface area contributed by atoms with Crippen LogP contribution in [0.1, 0.15) is 12.7 Å². The molecule has 1 amide bonds. The van der Waals surface area contributed by atoms with Crippen LogP contribution in [0.25, 0.3) is 10.9 Å². The topological polar surface area (TPSA) is 73.2 Å². The number of carbonyl (C=O) groups is 1. The van der Waals surface area contributed by atoms with E-state index in [0.717, 1.165) is 0 Å². The summed E-state index contributed by atoms with van der Waals surface area (Å²) in [6, 6.07) is 14.3. The number of nitrogens with zero attached hydrogens (tertiary/aromatic N) is 2. The van der Waals surface area contributed by atoms with Gasteiger partial charge in [-0.3, -0.25) is 14.2 Å². The maximum atomic E-state index is 12.7. The van der Waals surface area contributed by atoms with Crippen molar-refractivity contribution >= 4 is 22.5 Å². The highest BCUT2D eigenvalue weighted by Crippen LogP contribution is 2.22. The second kappa shape index (κ2) is 7.17. The van der Waals surface area contributed by atoms with Gasteiger partial charge in [0.15, 0.2) is 0 Å². The number of rotatable bonds is 5. The number of hydrogen-bond donors (Lipinski definition) is 1. The monoisotopic (exact) mass is 337 g/mol. The summed E-state index contributed by atoms with van der Waals surface area (Å²) in [4.78, 5) is 29.7. The summed E-state index contributed by atoms with van der Waals surface area (Å²) in [5.41, 5.74) is 0.998. The molecule has 2 aromatic carbocycles. The van der Waals surface area contributed by atoms with E-state index in [4.69, 9.17) is 4.74 Å². The number of hydrogen-bond acceptors (Lipinski definition) is 4. The number of amides is 1. The molecule has 0 unspecified atom stereocenters. The number of aryl methyl sites for hydroxylation is 1. The maximum Gasteiger partial charge on any atom is 0.261 e. The van der Waals surface area contributed by atoms with Gasteiger partial charge in [0.2, 0.25) is 5.91 Å². The Morgan fingerprint density at radius 3 is 2.64 bits per heavy atom. The molecule has 1 heterocycles. The number of fused-ring (bicyclic) bond motifs is 1. The fourth-order valence-electron chi connectivity index (χ4n) is 2.73. The molecule has 128 valence electrons. The van der Waals surface area contributed by atoms with Gasteiger partial charge in [-0.25, -0.2) is 4.98 Å². The van der Waals surface area contributed by atoms with Gasteiger partial charge in [-0.1, -0.05) is 31.2 Å². The molecule has 6 heteroatoms. The molecule has 0 fully saturated rings. The van der Waals surface area contributed by atoms with Crippen LogP contribution in [0.4, 0.5) is 5.69 Å². The van der Waals surface area contributed by atoms with Crippen molar-refractivity contribution in [2.24, 2.45) is 0 Å². The van der Waals surface area contributed by atoms with Crippen molar-refractivity contribution < 1.29 is 9.53 Å². The van der Waals surface area contributed by atoms with Crippen LogP contribution < -0.4 is 15.6 Å². The highest BCUT2D eigenvalue weighted by atomic mass is 16.5. The van der Waals surface area contributed by atoms with Crippen LogP contribution in [0.3, 0.4) is 0 Å². The zero-order valence-corrected chi connectivity index (χ0v) is 14.2. The Kier molecular flexibility index (Phi) is 4.79. The predicted octanol–water partition coefficient (Wildman–Crippen LogP) is 2.61.